The van der Waals surface area contributed by atoms with Crippen molar-refractivity contribution >= 4 is 11.8 Å². The maximum absolute atomic E-state index is 13.0. The Morgan fingerprint density at radius 2 is 1.81 bits per heavy atom. The fourth-order valence-corrected chi connectivity index (χ4v) is 4.96. The molecule has 0 bridgehead atoms. The van der Waals surface area contributed by atoms with Gasteiger partial charge in [-0.25, -0.2) is 0 Å². The Balaban J connectivity index is 1.53. The van der Waals surface area contributed by atoms with Gasteiger partial charge in [0.2, 0.25) is 11.8 Å². The third kappa shape index (κ3) is 2.17. The average molecular weight is 291 g/mol. The number of hydrogen-bond donors (Lipinski definition) is 1. The van der Waals surface area contributed by atoms with Gasteiger partial charge in [-0.3, -0.25) is 9.59 Å². The molecule has 0 aromatic rings. The van der Waals surface area contributed by atoms with Crippen LogP contribution in [0.4, 0.5) is 0 Å². The van der Waals surface area contributed by atoms with Crippen molar-refractivity contribution in [2.75, 3.05) is 19.6 Å². The highest BCUT2D eigenvalue weighted by Gasteiger charge is 2.50. The summed E-state index contributed by atoms with van der Waals surface area (Å²) in [6.07, 6.45) is 8.42. The Morgan fingerprint density at radius 3 is 2.62 bits per heavy atom. The topological polar surface area (TPSA) is 52.7 Å². The third-order valence-electron chi connectivity index (χ3n) is 6.05. The van der Waals surface area contributed by atoms with E-state index in [0.717, 1.165) is 45.1 Å². The first-order chi connectivity index (χ1) is 10.2. The van der Waals surface area contributed by atoms with E-state index >= 15 is 0 Å². The molecule has 5 nitrogen and oxygen atoms in total. The Bertz CT molecular complexity index is 458. The molecular weight excluding hydrogens is 266 g/mol. The molecule has 5 heteroatoms. The summed E-state index contributed by atoms with van der Waals surface area (Å²) in [7, 11) is 0. The highest BCUT2D eigenvalue weighted by molar-refractivity contribution is 5.98. The molecule has 1 spiro atoms. The lowest BCUT2D eigenvalue weighted by Gasteiger charge is -2.46. The van der Waals surface area contributed by atoms with Gasteiger partial charge in [0.25, 0.3) is 0 Å². The first-order valence-corrected chi connectivity index (χ1v) is 8.54. The number of hydrogen-bond acceptors (Lipinski definition) is 3. The van der Waals surface area contributed by atoms with E-state index < -0.39 is 5.54 Å². The molecule has 4 aliphatic rings. The van der Waals surface area contributed by atoms with Crippen LogP contribution in [0.2, 0.25) is 0 Å². The zero-order valence-corrected chi connectivity index (χ0v) is 12.6. The molecule has 21 heavy (non-hydrogen) atoms. The molecule has 0 aromatic heterocycles. The summed E-state index contributed by atoms with van der Waals surface area (Å²) in [6.45, 7) is 2.58. The Morgan fingerprint density at radius 1 is 1.00 bits per heavy atom. The number of carbonyl (C=O) groups excluding carboxylic acids is 2. The lowest BCUT2D eigenvalue weighted by atomic mass is 9.89. The van der Waals surface area contributed by atoms with Gasteiger partial charge < -0.3 is 15.1 Å². The summed E-state index contributed by atoms with van der Waals surface area (Å²) in [5.74, 6) is 0.251. The van der Waals surface area contributed by atoms with Gasteiger partial charge in [0, 0.05) is 18.6 Å². The van der Waals surface area contributed by atoms with E-state index in [9.17, 15) is 9.59 Å². The van der Waals surface area contributed by atoms with Gasteiger partial charge in [-0.2, -0.15) is 0 Å². The van der Waals surface area contributed by atoms with E-state index in [2.05, 4.69) is 10.2 Å². The maximum atomic E-state index is 13.0. The van der Waals surface area contributed by atoms with Gasteiger partial charge in [0.1, 0.15) is 5.54 Å². The van der Waals surface area contributed by atoms with Crippen LogP contribution in [0.25, 0.3) is 0 Å². The highest BCUT2D eigenvalue weighted by atomic mass is 16.2. The predicted octanol–water partition coefficient (Wildman–Crippen LogP) is 0.884. The minimum atomic E-state index is -0.553. The monoisotopic (exact) mass is 291 g/mol. The number of piperidine rings is 1. The van der Waals surface area contributed by atoms with Gasteiger partial charge in [-0.1, -0.05) is 12.8 Å². The molecule has 3 saturated heterocycles. The van der Waals surface area contributed by atoms with Crippen LogP contribution in [0.1, 0.15) is 51.4 Å². The van der Waals surface area contributed by atoms with E-state index in [4.69, 9.17) is 0 Å². The molecule has 4 rings (SSSR count). The highest BCUT2D eigenvalue weighted by Crippen LogP contribution is 2.36. The predicted molar refractivity (Wildman–Crippen MR) is 78.7 cm³/mol. The van der Waals surface area contributed by atoms with Crippen molar-refractivity contribution in [1.82, 2.24) is 15.1 Å². The molecule has 4 fully saturated rings. The lowest BCUT2D eigenvalue weighted by molar-refractivity contribution is -0.153. The smallest absolute Gasteiger partial charge is 0.249 e. The Hall–Kier alpha value is -1.10. The molecule has 116 valence electrons. The number of fused-ring (bicyclic) bond motifs is 1. The third-order valence-corrected chi connectivity index (χ3v) is 6.05. The van der Waals surface area contributed by atoms with E-state index in [-0.39, 0.29) is 24.4 Å². The van der Waals surface area contributed by atoms with Crippen molar-refractivity contribution in [3.8, 4) is 0 Å². The first-order valence-electron chi connectivity index (χ1n) is 8.54. The largest absolute Gasteiger partial charge is 0.340 e. The normalized spacial score (nSPS) is 36.1. The quantitative estimate of drug-likeness (QED) is 0.780. The number of amides is 2. The summed E-state index contributed by atoms with van der Waals surface area (Å²) in [6, 6.07) is 0.918. The van der Waals surface area contributed by atoms with Crippen molar-refractivity contribution in [3.63, 3.8) is 0 Å². The Kier molecular flexibility index (Phi) is 3.21. The second kappa shape index (κ2) is 4.97. The van der Waals surface area contributed by atoms with Crippen LogP contribution in [-0.2, 0) is 9.59 Å². The Labute approximate surface area is 126 Å². The van der Waals surface area contributed by atoms with Gasteiger partial charge in [0.05, 0.1) is 6.54 Å². The average Bonchev–Trinajstić information content (AvgIpc) is 3.11. The van der Waals surface area contributed by atoms with Crippen LogP contribution in [-0.4, -0.2) is 58.9 Å². The first kappa shape index (κ1) is 13.6. The van der Waals surface area contributed by atoms with Gasteiger partial charge in [-0.15, -0.1) is 0 Å². The molecule has 2 unspecified atom stereocenters. The summed E-state index contributed by atoms with van der Waals surface area (Å²) in [5, 5.41) is 3.02. The molecule has 0 aromatic carbocycles. The number of carbonyl (C=O) groups is 2. The van der Waals surface area contributed by atoms with Crippen molar-refractivity contribution in [2.45, 2.75) is 69.0 Å². The van der Waals surface area contributed by atoms with E-state index in [1.165, 1.54) is 19.4 Å². The SMILES string of the molecule is O=C1CN(C2CCN3CCCC3C2)C(=O)C2(CCCC2)N1. The number of piperazine rings is 1. The minimum Gasteiger partial charge on any atom is -0.340 e. The van der Waals surface area contributed by atoms with Crippen LogP contribution in [0.3, 0.4) is 0 Å². The molecular formula is C16H25N3O2. The van der Waals surface area contributed by atoms with Crippen molar-refractivity contribution in [2.24, 2.45) is 0 Å². The van der Waals surface area contributed by atoms with Gasteiger partial charge in [-0.05, 0) is 45.1 Å². The fraction of sp³-hybridized carbons (Fsp3) is 0.875. The van der Waals surface area contributed by atoms with E-state index in [0.29, 0.717) is 6.04 Å². The van der Waals surface area contributed by atoms with E-state index in [1.807, 2.05) is 4.90 Å². The number of rotatable bonds is 1. The molecule has 3 aliphatic heterocycles. The van der Waals surface area contributed by atoms with Crippen LogP contribution in [0, 0.1) is 0 Å². The standard InChI is InChI=1S/C16H25N3O2/c20-14-11-19(15(21)16(17-14)6-1-2-7-16)13-5-9-18-8-3-4-12(18)10-13/h12-13H,1-11H2,(H,17,20). The minimum absolute atomic E-state index is 0.0466. The summed E-state index contributed by atoms with van der Waals surface area (Å²) in [4.78, 5) is 29.6. The van der Waals surface area contributed by atoms with Crippen molar-refractivity contribution < 1.29 is 9.59 Å². The van der Waals surface area contributed by atoms with Crippen LogP contribution >= 0.6 is 0 Å². The molecule has 1 saturated carbocycles. The second-order valence-corrected chi connectivity index (χ2v) is 7.28. The number of nitrogens with one attached hydrogen (secondary N) is 1. The van der Waals surface area contributed by atoms with Crippen LogP contribution < -0.4 is 5.32 Å². The number of nitrogens with zero attached hydrogens (tertiary/aromatic N) is 2. The molecule has 1 N–H and O–H groups in total. The summed E-state index contributed by atoms with van der Waals surface area (Å²) in [5.41, 5.74) is -0.553. The summed E-state index contributed by atoms with van der Waals surface area (Å²) >= 11 is 0. The van der Waals surface area contributed by atoms with Crippen LogP contribution in [0.5, 0.6) is 0 Å². The molecule has 1 aliphatic carbocycles. The van der Waals surface area contributed by atoms with Crippen molar-refractivity contribution in [3.05, 3.63) is 0 Å². The molecule has 2 amide bonds. The molecule has 0 radical (unpaired) electrons. The van der Waals surface area contributed by atoms with Gasteiger partial charge in [0.15, 0.2) is 0 Å². The molecule has 3 heterocycles. The lowest BCUT2D eigenvalue weighted by Crippen LogP contribution is -2.68. The zero-order chi connectivity index (χ0) is 14.4. The maximum Gasteiger partial charge on any atom is 0.249 e. The molecule has 2 atom stereocenters. The fourth-order valence-electron chi connectivity index (χ4n) is 4.96. The second-order valence-electron chi connectivity index (χ2n) is 7.28. The zero-order valence-electron chi connectivity index (χ0n) is 12.6. The van der Waals surface area contributed by atoms with Crippen molar-refractivity contribution in [1.29, 1.82) is 0 Å². The summed E-state index contributed by atoms with van der Waals surface area (Å²) < 4.78 is 0. The van der Waals surface area contributed by atoms with Gasteiger partial charge >= 0.3 is 0 Å². The van der Waals surface area contributed by atoms with E-state index in [1.54, 1.807) is 0 Å². The van der Waals surface area contributed by atoms with Crippen LogP contribution in [0.15, 0.2) is 0 Å².